The summed E-state index contributed by atoms with van der Waals surface area (Å²) in [6, 6.07) is 10.3. The molecule has 0 aliphatic carbocycles. The molecule has 27 heavy (non-hydrogen) atoms. The first-order chi connectivity index (χ1) is 13.1. The highest BCUT2D eigenvalue weighted by Gasteiger charge is 2.43. The van der Waals surface area contributed by atoms with E-state index < -0.39 is 17.7 Å². The van der Waals surface area contributed by atoms with Gasteiger partial charge < -0.3 is 14.7 Å². The van der Waals surface area contributed by atoms with Crippen LogP contribution in [0.5, 0.6) is 5.75 Å². The van der Waals surface area contributed by atoms with E-state index in [1.807, 2.05) is 38.1 Å². The molecule has 1 N–H and O–H groups in total. The third kappa shape index (κ3) is 3.76. The molecule has 0 radical (unpaired) electrons. The third-order valence-corrected chi connectivity index (χ3v) is 5.27. The number of rotatable bonds is 8. The van der Waals surface area contributed by atoms with Crippen LogP contribution in [0.4, 0.5) is 0 Å². The molecule has 2 aromatic rings. The molecule has 0 saturated heterocycles. The summed E-state index contributed by atoms with van der Waals surface area (Å²) in [5, 5.41) is 12.3. The van der Waals surface area contributed by atoms with E-state index in [0.29, 0.717) is 23.8 Å². The standard InChI is InChI=1S/C21H23NO4S/c1-3-10-22-18(14-7-5-8-15(13-14)26-11-4-2)17(20(24)21(22)25)19(23)16-9-6-12-27-16/h5-9,12-13,18,24H,3-4,10-11H2,1-2H3. The maximum Gasteiger partial charge on any atom is 0.290 e. The van der Waals surface area contributed by atoms with Gasteiger partial charge in [-0.15, -0.1) is 11.3 Å². The highest BCUT2D eigenvalue weighted by Crippen LogP contribution is 2.40. The van der Waals surface area contributed by atoms with E-state index >= 15 is 0 Å². The second-order valence-corrected chi connectivity index (χ2v) is 7.34. The smallest absolute Gasteiger partial charge is 0.290 e. The highest BCUT2D eigenvalue weighted by atomic mass is 32.1. The Kier molecular flexibility index (Phi) is 5.96. The molecule has 1 aliphatic heterocycles. The zero-order chi connectivity index (χ0) is 19.4. The third-order valence-electron chi connectivity index (χ3n) is 4.40. The molecule has 1 aliphatic rings. The molecule has 0 fully saturated rings. The van der Waals surface area contributed by atoms with E-state index in [1.54, 1.807) is 22.4 Å². The van der Waals surface area contributed by atoms with Crippen molar-refractivity contribution in [1.29, 1.82) is 0 Å². The van der Waals surface area contributed by atoms with Crippen molar-refractivity contribution in [1.82, 2.24) is 4.90 Å². The average molecular weight is 385 g/mol. The molecule has 1 amide bonds. The van der Waals surface area contributed by atoms with Crippen molar-refractivity contribution in [2.45, 2.75) is 32.7 Å². The zero-order valence-electron chi connectivity index (χ0n) is 15.5. The number of Topliss-reactive ketones (excluding diaryl/α,β-unsaturated/α-hetero) is 1. The summed E-state index contributed by atoms with van der Waals surface area (Å²) in [7, 11) is 0. The summed E-state index contributed by atoms with van der Waals surface area (Å²) in [5.74, 6) is -0.569. The second-order valence-electron chi connectivity index (χ2n) is 6.39. The fourth-order valence-electron chi connectivity index (χ4n) is 3.24. The van der Waals surface area contributed by atoms with Crippen molar-refractivity contribution in [2.24, 2.45) is 0 Å². The van der Waals surface area contributed by atoms with Gasteiger partial charge >= 0.3 is 0 Å². The van der Waals surface area contributed by atoms with Gasteiger partial charge in [-0.3, -0.25) is 9.59 Å². The van der Waals surface area contributed by atoms with E-state index in [2.05, 4.69) is 0 Å². The number of ether oxygens (including phenoxy) is 1. The number of carbonyl (C=O) groups excluding carboxylic acids is 2. The molecule has 2 heterocycles. The van der Waals surface area contributed by atoms with Gasteiger partial charge in [-0.05, 0) is 42.0 Å². The normalized spacial score (nSPS) is 16.9. The van der Waals surface area contributed by atoms with Crippen molar-refractivity contribution in [3.63, 3.8) is 0 Å². The minimum atomic E-state index is -0.614. The van der Waals surface area contributed by atoms with Gasteiger partial charge in [-0.25, -0.2) is 0 Å². The molecule has 1 unspecified atom stereocenters. The van der Waals surface area contributed by atoms with Crippen molar-refractivity contribution in [3.05, 3.63) is 63.6 Å². The van der Waals surface area contributed by atoms with E-state index in [9.17, 15) is 14.7 Å². The topological polar surface area (TPSA) is 66.8 Å². The predicted molar refractivity (Wildman–Crippen MR) is 105 cm³/mol. The molecule has 1 atom stereocenters. The summed E-state index contributed by atoms with van der Waals surface area (Å²) in [4.78, 5) is 27.8. The van der Waals surface area contributed by atoms with Crippen molar-refractivity contribution >= 4 is 23.0 Å². The van der Waals surface area contributed by atoms with Crippen LogP contribution in [-0.2, 0) is 4.79 Å². The number of hydrogen-bond acceptors (Lipinski definition) is 5. The molecule has 3 rings (SSSR count). The monoisotopic (exact) mass is 385 g/mol. The van der Waals surface area contributed by atoms with Gasteiger partial charge in [-0.2, -0.15) is 0 Å². The Labute approximate surface area is 162 Å². The predicted octanol–water partition coefficient (Wildman–Crippen LogP) is 4.53. The van der Waals surface area contributed by atoms with Gasteiger partial charge in [0, 0.05) is 6.54 Å². The molecule has 142 valence electrons. The molecule has 6 heteroatoms. The van der Waals surface area contributed by atoms with Gasteiger partial charge in [0.1, 0.15) is 5.75 Å². The molecule has 5 nitrogen and oxygen atoms in total. The van der Waals surface area contributed by atoms with Crippen LogP contribution in [0.1, 0.15) is 48.0 Å². The first kappa shape index (κ1) is 19.2. The van der Waals surface area contributed by atoms with Crippen LogP contribution in [0.3, 0.4) is 0 Å². The average Bonchev–Trinajstić information content (AvgIpc) is 3.29. The van der Waals surface area contributed by atoms with Crippen LogP contribution < -0.4 is 4.74 Å². The molecule has 0 spiro atoms. The minimum absolute atomic E-state index is 0.142. The summed E-state index contributed by atoms with van der Waals surface area (Å²) in [6.45, 7) is 5.03. The van der Waals surface area contributed by atoms with Gasteiger partial charge in [-0.1, -0.05) is 32.0 Å². The Morgan fingerprint density at radius 1 is 1.22 bits per heavy atom. The lowest BCUT2D eigenvalue weighted by molar-refractivity contribution is -0.129. The van der Waals surface area contributed by atoms with Crippen LogP contribution in [0.15, 0.2) is 53.1 Å². The second kappa shape index (κ2) is 8.39. The Morgan fingerprint density at radius 2 is 2.04 bits per heavy atom. The number of nitrogens with zero attached hydrogens (tertiary/aromatic N) is 1. The number of amides is 1. The summed E-state index contributed by atoms with van der Waals surface area (Å²) in [6.07, 6.45) is 1.61. The lowest BCUT2D eigenvalue weighted by Crippen LogP contribution is -2.31. The highest BCUT2D eigenvalue weighted by molar-refractivity contribution is 7.12. The Balaban J connectivity index is 2.04. The molecule has 0 saturated carbocycles. The first-order valence-electron chi connectivity index (χ1n) is 9.13. The van der Waals surface area contributed by atoms with E-state index in [1.165, 1.54) is 11.3 Å². The lowest BCUT2D eigenvalue weighted by atomic mass is 9.95. The maximum absolute atomic E-state index is 13.0. The molecule has 1 aromatic carbocycles. The quantitative estimate of drug-likeness (QED) is 0.678. The maximum atomic E-state index is 13.0. The largest absolute Gasteiger partial charge is 0.503 e. The first-order valence-corrected chi connectivity index (χ1v) is 10.0. The molecular formula is C21H23NO4S. The van der Waals surface area contributed by atoms with Crippen LogP contribution in [0.2, 0.25) is 0 Å². The van der Waals surface area contributed by atoms with E-state index in [-0.39, 0.29) is 11.4 Å². The summed E-state index contributed by atoms with van der Waals surface area (Å²) < 4.78 is 5.71. The fraction of sp³-hybridized carbons (Fsp3) is 0.333. The Hall–Kier alpha value is -2.60. The van der Waals surface area contributed by atoms with Crippen molar-refractivity contribution in [3.8, 4) is 5.75 Å². The Bertz CT molecular complexity index is 857. The zero-order valence-corrected chi connectivity index (χ0v) is 16.3. The van der Waals surface area contributed by atoms with Crippen molar-refractivity contribution < 1.29 is 19.4 Å². The minimum Gasteiger partial charge on any atom is -0.503 e. The number of ketones is 1. The summed E-state index contributed by atoms with van der Waals surface area (Å²) >= 11 is 1.30. The van der Waals surface area contributed by atoms with Crippen molar-refractivity contribution in [2.75, 3.05) is 13.2 Å². The summed E-state index contributed by atoms with van der Waals surface area (Å²) in [5.41, 5.74) is 0.901. The van der Waals surface area contributed by atoms with Crippen LogP contribution >= 0.6 is 11.3 Å². The van der Waals surface area contributed by atoms with Crippen LogP contribution in [0, 0.1) is 0 Å². The van der Waals surface area contributed by atoms with Gasteiger partial charge in [0.2, 0.25) is 5.78 Å². The van der Waals surface area contributed by atoms with Crippen LogP contribution in [0.25, 0.3) is 0 Å². The fourth-order valence-corrected chi connectivity index (χ4v) is 3.92. The molecule has 0 bridgehead atoms. The number of hydrogen-bond donors (Lipinski definition) is 1. The lowest BCUT2D eigenvalue weighted by Gasteiger charge is -2.26. The SMILES string of the molecule is CCCOc1cccc(C2C(C(=O)c3cccs3)=C(O)C(=O)N2CCC)c1. The van der Waals surface area contributed by atoms with E-state index in [0.717, 1.165) is 18.4 Å². The molecule has 1 aromatic heterocycles. The van der Waals surface area contributed by atoms with Gasteiger partial charge in [0.25, 0.3) is 5.91 Å². The van der Waals surface area contributed by atoms with E-state index in [4.69, 9.17) is 4.74 Å². The Morgan fingerprint density at radius 3 is 2.70 bits per heavy atom. The van der Waals surface area contributed by atoms with Crippen LogP contribution in [-0.4, -0.2) is 34.8 Å². The number of aliphatic hydroxyl groups is 1. The van der Waals surface area contributed by atoms with Gasteiger partial charge in [0.05, 0.1) is 23.1 Å². The number of thiophene rings is 1. The molecular weight excluding hydrogens is 362 g/mol. The van der Waals surface area contributed by atoms with Gasteiger partial charge in [0.15, 0.2) is 5.76 Å². The number of aliphatic hydroxyl groups excluding tert-OH is 1. The number of benzene rings is 1. The number of carbonyl (C=O) groups is 2.